The second kappa shape index (κ2) is 34.1. The van der Waals surface area contributed by atoms with Crippen LogP contribution >= 0.6 is 7.29 Å². The molecule has 346 valence electrons. The molecular formula is C46H77N4O9PS. The van der Waals surface area contributed by atoms with E-state index in [0.29, 0.717) is 31.8 Å². The summed E-state index contributed by atoms with van der Waals surface area (Å²) in [6.07, 6.45) is 3.22. The summed E-state index contributed by atoms with van der Waals surface area (Å²) in [5, 5.41) is 24.8. The van der Waals surface area contributed by atoms with Crippen LogP contribution in [0.4, 0.5) is 4.79 Å². The largest absolute Gasteiger partial charge is 0.465 e. The zero-order valence-corrected chi connectivity index (χ0v) is 40.0. The third-order valence-corrected chi connectivity index (χ3v) is 13.4. The second-order valence-corrected chi connectivity index (χ2v) is 19.9. The van der Waals surface area contributed by atoms with Gasteiger partial charge in [0.05, 0.1) is 10.9 Å². The Kier molecular flexibility index (Phi) is 32.1. The Morgan fingerprint density at radius 3 is 2.02 bits per heavy atom. The van der Waals surface area contributed by atoms with Gasteiger partial charge in [0.2, 0.25) is 10.0 Å². The maximum Gasteiger partial charge on any atom is 0.404 e. The van der Waals surface area contributed by atoms with Crippen LogP contribution in [-0.2, 0) is 48.0 Å². The lowest BCUT2D eigenvalue weighted by Crippen LogP contribution is -2.36. The van der Waals surface area contributed by atoms with E-state index in [1.807, 2.05) is 70.2 Å². The Balaban J connectivity index is 0.000000914. The van der Waals surface area contributed by atoms with E-state index in [-0.39, 0.29) is 30.5 Å². The van der Waals surface area contributed by atoms with E-state index in [1.54, 1.807) is 33.1 Å². The molecule has 61 heavy (non-hydrogen) atoms. The summed E-state index contributed by atoms with van der Waals surface area (Å²) in [5.41, 5.74) is 4.56. The molecule has 13 nitrogen and oxygen atoms in total. The van der Waals surface area contributed by atoms with Gasteiger partial charge in [0.15, 0.2) is 7.29 Å². The molecule has 15 heteroatoms. The number of rotatable bonds is 20. The number of aryl methyl sites for hydroxylation is 2. The maximum atomic E-state index is 13.3. The number of carboxylic acid groups (broad SMARTS) is 1. The SMILES string of the molecule is CC1CCOC1.CCO.CCOC.CCc1ccc(S(=O)(=O)N(CCCNC(=O)O)CC(C)C)cc1.Cc1ccc(CNCCP(=O)(Cc2ccccc2)N[C@@H](C)C=O)cc1. The number of carbonyl (C=O) groups excluding carboxylic acids is 1. The van der Waals surface area contributed by atoms with Crippen molar-refractivity contribution in [2.24, 2.45) is 11.8 Å². The fraction of sp³-hybridized carbons (Fsp3) is 0.565. The molecule has 0 radical (unpaired) electrons. The Morgan fingerprint density at radius 2 is 1.56 bits per heavy atom. The standard InChI is InChI=1S/C20H27N2O2P.C16H26N2O4S.C5H10O.C3H8O.C2H6O/c1-17-8-10-19(11-9-17)14-21-12-13-25(24,22-18(2)15-23)16-20-6-4-3-5-7-20;1-4-14-6-8-15(9-7-14)23(21,22)18(12-13(2)3)11-5-10-17-16(19)20;1-5-2-3-6-4-5;1-3-4-2;1-2-3/h3-11,15,18,21H,12-14,16H2,1-2H3,(H,22,24);6-9,13,17H,4-5,10-12H2,1-3H3,(H,19,20);5H,2-4H2,1H3;3H2,1-2H3;3H,2H2,1H3/t18-,25?;;;;/m0..../s1. The molecule has 0 saturated carbocycles. The molecule has 1 aliphatic rings. The van der Waals surface area contributed by atoms with Gasteiger partial charge in [-0.2, -0.15) is 4.31 Å². The molecule has 3 aromatic rings. The molecule has 3 aromatic carbocycles. The van der Waals surface area contributed by atoms with E-state index in [0.717, 1.165) is 56.1 Å². The number of sulfonamides is 1. The monoisotopic (exact) mass is 893 g/mol. The fourth-order valence-corrected chi connectivity index (χ4v) is 9.68. The van der Waals surface area contributed by atoms with Crippen molar-refractivity contribution in [2.45, 2.75) is 98.3 Å². The van der Waals surface area contributed by atoms with Crippen molar-refractivity contribution in [3.05, 3.63) is 101 Å². The molecule has 0 spiro atoms. The first kappa shape index (κ1) is 57.5. The molecule has 0 aliphatic carbocycles. The van der Waals surface area contributed by atoms with Crippen LogP contribution in [0.25, 0.3) is 0 Å². The number of amides is 1. The zero-order chi connectivity index (χ0) is 46.1. The summed E-state index contributed by atoms with van der Waals surface area (Å²) in [6.45, 7) is 20.9. The zero-order valence-electron chi connectivity index (χ0n) is 38.3. The van der Waals surface area contributed by atoms with Gasteiger partial charge in [-0.1, -0.05) is 100.0 Å². The normalized spacial score (nSPS) is 14.7. The first-order valence-electron chi connectivity index (χ1n) is 21.3. The Hall–Kier alpha value is -3.46. The van der Waals surface area contributed by atoms with Crippen molar-refractivity contribution in [3.8, 4) is 0 Å². The Labute approximate surface area is 367 Å². The average Bonchev–Trinajstić information content (AvgIpc) is 3.73. The number of hydrogen-bond acceptors (Lipinski definition) is 9. The third-order valence-electron chi connectivity index (χ3n) is 8.87. The van der Waals surface area contributed by atoms with Crippen molar-refractivity contribution >= 4 is 29.7 Å². The van der Waals surface area contributed by atoms with Crippen LogP contribution in [0.15, 0.2) is 83.8 Å². The van der Waals surface area contributed by atoms with E-state index < -0.39 is 29.5 Å². The van der Waals surface area contributed by atoms with Crippen molar-refractivity contribution in [2.75, 3.05) is 65.9 Å². The minimum Gasteiger partial charge on any atom is -0.465 e. The number of nitrogens with one attached hydrogen (secondary N) is 3. The molecule has 0 aromatic heterocycles. The molecule has 1 amide bonds. The summed E-state index contributed by atoms with van der Waals surface area (Å²) in [4.78, 5) is 21.7. The Bertz CT molecular complexity index is 1710. The van der Waals surface area contributed by atoms with Gasteiger partial charge in [-0.15, -0.1) is 0 Å². The number of nitrogens with zero attached hydrogens (tertiary/aromatic N) is 1. The highest BCUT2D eigenvalue weighted by atomic mass is 32.2. The van der Waals surface area contributed by atoms with Gasteiger partial charge in [0.25, 0.3) is 0 Å². The average molecular weight is 893 g/mol. The van der Waals surface area contributed by atoms with Gasteiger partial charge >= 0.3 is 6.09 Å². The lowest BCUT2D eigenvalue weighted by atomic mass is 10.1. The highest BCUT2D eigenvalue weighted by Crippen LogP contribution is 2.44. The minimum atomic E-state index is -3.56. The summed E-state index contributed by atoms with van der Waals surface area (Å²) < 4.78 is 49.9. The van der Waals surface area contributed by atoms with E-state index in [1.165, 1.54) is 21.9 Å². The van der Waals surface area contributed by atoms with E-state index in [2.05, 4.69) is 58.6 Å². The number of benzene rings is 3. The van der Waals surface area contributed by atoms with Crippen molar-refractivity contribution in [1.29, 1.82) is 0 Å². The molecule has 3 atom stereocenters. The first-order chi connectivity index (χ1) is 29.0. The highest BCUT2D eigenvalue weighted by molar-refractivity contribution is 7.89. The molecule has 1 aliphatic heterocycles. The predicted molar refractivity (Wildman–Crippen MR) is 249 cm³/mol. The van der Waals surface area contributed by atoms with Crippen LogP contribution < -0.4 is 15.7 Å². The van der Waals surface area contributed by atoms with Gasteiger partial charge in [0, 0.05) is 78.6 Å². The van der Waals surface area contributed by atoms with Gasteiger partial charge in [-0.3, -0.25) is 5.09 Å². The number of carbonyl (C=O) groups is 2. The van der Waals surface area contributed by atoms with Crippen LogP contribution in [0.3, 0.4) is 0 Å². The van der Waals surface area contributed by atoms with Gasteiger partial charge in [0.1, 0.15) is 6.29 Å². The number of ether oxygens (including phenoxy) is 2. The van der Waals surface area contributed by atoms with Gasteiger partial charge in [-0.25, -0.2) is 13.2 Å². The molecule has 4 rings (SSSR count). The molecule has 1 saturated heterocycles. The third kappa shape index (κ3) is 28.0. The van der Waals surface area contributed by atoms with Crippen LogP contribution in [0.1, 0.15) is 83.6 Å². The first-order valence-corrected chi connectivity index (χ1v) is 24.9. The van der Waals surface area contributed by atoms with E-state index >= 15 is 0 Å². The predicted octanol–water partition coefficient (Wildman–Crippen LogP) is 7.99. The van der Waals surface area contributed by atoms with Crippen LogP contribution in [0, 0.1) is 18.8 Å². The van der Waals surface area contributed by atoms with Crippen LogP contribution in [0.2, 0.25) is 0 Å². The molecule has 5 N–H and O–H groups in total. The molecular weight excluding hydrogens is 816 g/mol. The lowest BCUT2D eigenvalue weighted by Gasteiger charge is -2.24. The number of aldehydes is 1. The highest BCUT2D eigenvalue weighted by Gasteiger charge is 2.25. The van der Waals surface area contributed by atoms with Crippen LogP contribution in [0.5, 0.6) is 0 Å². The van der Waals surface area contributed by atoms with Crippen molar-refractivity contribution < 1.29 is 42.3 Å². The summed E-state index contributed by atoms with van der Waals surface area (Å²) >= 11 is 0. The number of hydrogen-bond donors (Lipinski definition) is 5. The second-order valence-electron chi connectivity index (χ2n) is 15.2. The maximum absolute atomic E-state index is 13.3. The quantitative estimate of drug-likeness (QED) is 0.0421. The van der Waals surface area contributed by atoms with Crippen molar-refractivity contribution in [3.63, 3.8) is 0 Å². The minimum absolute atomic E-state index is 0.187. The molecule has 0 bridgehead atoms. The number of aliphatic hydroxyl groups excluding tert-OH is 1. The molecule has 2 unspecified atom stereocenters. The van der Waals surface area contributed by atoms with Gasteiger partial charge in [-0.05, 0) is 87.6 Å². The summed E-state index contributed by atoms with van der Waals surface area (Å²) in [6, 6.07) is 24.7. The Morgan fingerprint density at radius 1 is 0.967 bits per heavy atom. The summed E-state index contributed by atoms with van der Waals surface area (Å²) in [5.74, 6) is 1.01. The number of methoxy groups -OCH3 is 1. The molecule has 1 fully saturated rings. The number of aliphatic hydroxyl groups is 1. The van der Waals surface area contributed by atoms with Gasteiger partial charge < -0.3 is 39.7 Å². The molecule has 1 heterocycles. The van der Waals surface area contributed by atoms with Crippen LogP contribution in [-0.4, -0.2) is 107 Å². The smallest absolute Gasteiger partial charge is 0.404 e. The fourth-order valence-electron chi connectivity index (χ4n) is 5.53. The topological polar surface area (TPSA) is 184 Å². The van der Waals surface area contributed by atoms with E-state index in [9.17, 15) is 22.6 Å². The lowest BCUT2D eigenvalue weighted by molar-refractivity contribution is -0.108. The van der Waals surface area contributed by atoms with E-state index in [4.69, 9.17) is 14.9 Å². The summed E-state index contributed by atoms with van der Waals surface area (Å²) in [7, 11) is -4.57. The van der Waals surface area contributed by atoms with Crippen molar-refractivity contribution in [1.82, 2.24) is 20.0 Å².